The van der Waals surface area contributed by atoms with Crippen molar-refractivity contribution in [2.24, 2.45) is 0 Å². The van der Waals surface area contributed by atoms with E-state index in [0.29, 0.717) is 0 Å². The van der Waals surface area contributed by atoms with Gasteiger partial charge in [0.05, 0.1) is 0 Å². The maximum atomic E-state index is 2.15. The molecule has 0 aromatic rings. The van der Waals surface area contributed by atoms with Crippen molar-refractivity contribution in [1.29, 1.82) is 0 Å². The fourth-order valence-corrected chi connectivity index (χ4v) is 0. The Morgan fingerprint density at radius 2 is 0.562 bits per heavy atom. The highest BCUT2D eigenvalue weighted by Gasteiger charge is 1.35. The Hall–Kier alpha value is 0.430. The molecular formula is C15H51P. The average Bonchev–Trinajstić information content (AvgIpc) is 1.99. The molecule has 0 amide bonds. The monoisotopic (exact) mass is 262 g/mol. The zero-order chi connectivity index (χ0) is 9.41. The number of hydrogen-bond donors (Lipinski definition) is 0. The minimum Gasteiger partial charge on any atom is -0.129 e. The predicted molar refractivity (Wildman–Crippen MR) is 99.2 cm³/mol. The number of rotatable bonds is 0. The highest BCUT2D eigenvalue weighted by atomic mass is 31.1. The molecule has 0 fully saturated rings. The van der Waals surface area contributed by atoms with E-state index in [1.807, 2.05) is 27.7 Å². The lowest BCUT2D eigenvalue weighted by molar-refractivity contribution is 1.09. The zero-order valence-corrected chi connectivity index (χ0v) is 10.2. The first-order valence-corrected chi connectivity index (χ1v) is 6.41. The molecule has 0 heterocycles. The highest BCUT2D eigenvalue weighted by molar-refractivity contribution is 7.35. The molecule has 0 N–H and O–H groups in total. The average molecular weight is 263 g/mol. The van der Waals surface area contributed by atoms with Crippen molar-refractivity contribution < 1.29 is 0 Å². The Morgan fingerprint density at radius 1 is 0.562 bits per heavy atom. The summed E-state index contributed by atoms with van der Waals surface area (Å²) in [6, 6.07) is 0. The Balaban J connectivity index is -0.00000000338. The van der Waals surface area contributed by atoms with Crippen molar-refractivity contribution >= 4 is 8.58 Å². The second-order valence-corrected chi connectivity index (χ2v) is 2.21. The van der Waals surface area contributed by atoms with Gasteiger partial charge in [0.2, 0.25) is 0 Å². The third kappa shape index (κ3) is 14100. The molecule has 116 valence electrons. The second-order valence-electron chi connectivity index (χ2n) is 1.21. The molecule has 0 unspecified atom stereocenters. The van der Waals surface area contributed by atoms with Crippen LogP contribution in [0.3, 0.4) is 0 Å². The summed E-state index contributed by atoms with van der Waals surface area (Å²) in [4.78, 5) is 0. The standard InChI is InChI=1S/C3H8.C2H7P.2C2H6.6CH4/c2*1-3-2;2*1-2;;;;;;/h3H2,1-2H3;3H,1-2H3;2*1-2H3;6*1H4. The van der Waals surface area contributed by atoms with Crippen LogP contribution in [-0.2, 0) is 0 Å². The predicted octanol–water partition coefficient (Wildman–Crippen LogP) is 8.21. The van der Waals surface area contributed by atoms with E-state index in [2.05, 4.69) is 27.2 Å². The van der Waals surface area contributed by atoms with Crippen LogP contribution in [0.2, 0.25) is 0 Å². The summed E-state index contributed by atoms with van der Waals surface area (Å²) in [6.45, 7) is 16.6. The molecule has 0 aromatic heterocycles. The van der Waals surface area contributed by atoms with Gasteiger partial charge in [0.15, 0.2) is 0 Å². The third-order valence-electron chi connectivity index (χ3n) is 0. The van der Waals surface area contributed by atoms with Crippen molar-refractivity contribution in [2.75, 3.05) is 13.3 Å². The van der Waals surface area contributed by atoms with Crippen LogP contribution < -0.4 is 0 Å². The van der Waals surface area contributed by atoms with Gasteiger partial charge in [0.1, 0.15) is 0 Å². The molecule has 0 saturated heterocycles. The molecular weight excluding hydrogens is 211 g/mol. The lowest BCUT2D eigenvalue weighted by atomic mass is 10.6. The van der Waals surface area contributed by atoms with E-state index in [1.165, 1.54) is 6.42 Å². The first-order chi connectivity index (χ1) is 4.83. The smallest absolute Gasteiger partial charge is 0.0475 e. The highest BCUT2D eigenvalue weighted by Crippen LogP contribution is 1.84. The maximum Gasteiger partial charge on any atom is -0.0475 e. The summed E-state index contributed by atoms with van der Waals surface area (Å²) in [6.07, 6.45) is 1.25. The van der Waals surface area contributed by atoms with E-state index >= 15 is 0 Å². The first-order valence-electron chi connectivity index (χ1n) is 4.41. The summed E-state index contributed by atoms with van der Waals surface area (Å²) >= 11 is 0. The van der Waals surface area contributed by atoms with Gasteiger partial charge in [-0.3, -0.25) is 0 Å². The minimum absolute atomic E-state index is 0. The summed E-state index contributed by atoms with van der Waals surface area (Å²) < 4.78 is 0. The first kappa shape index (κ1) is 94.6. The van der Waals surface area contributed by atoms with Crippen LogP contribution in [0.15, 0.2) is 0 Å². The minimum atomic E-state index is 0. The van der Waals surface area contributed by atoms with Crippen LogP contribution >= 0.6 is 8.58 Å². The van der Waals surface area contributed by atoms with E-state index in [4.69, 9.17) is 0 Å². The molecule has 0 bridgehead atoms. The molecule has 0 rings (SSSR count). The van der Waals surface area contributed by atoms with Crippen molar-refractivity contribution in [3.8, 4) is 0 Å². The second kappa shape index (κ2) is 544. The van der Waals surface area contributed by atoms with Crippen molar-refractivity contribution in [3.05, 3.63) is 0 Å². The summed E-state index contributed by atoms with van der Waals surface area (Å²) in [7, 11) is 1.08. The molecule has 0 radical (unpaired) electrons. The van der Waals surface area contributed by atoms with Crippen LogP contribution in [0.4, 0.5) is 0 Å². The van der Waals surface area contributed by atoms with Gasteiger partial charge >= 0.3 is 0 Å². The van der Waals surface area contributed by atoms with Crippen LogP contribution in [0.25, 0.3) is 0 Å². The fourth-order valence-electron chi connectivity index (χ4n) is 0. The van der Waals surface area contributed by atoms with Crippen LogP contribution in [0.1, 0.15) is 92.5 Å². The topological polar surface area (TPSA) is 0 Å². The van der Waals surface area contributed by atoms with E-state index < -0.39 is 0 Å². The van der Waals surface area contributed by atoms with Gasteiger partial charge in [-0.2, -0.15) is 0 Å². The Bertz CT molecular complexity index is 7.40. The van der Waals surface area contributed by atoms with Gasteiger partial charge < -0.3 is 0 Å². The fraction of sp³-hybridized carbons (Fsp3) is 1.00. The molecule has 16 heavy (non-hydrogen) atoms. The van der Waals surface area contributed by atoms with Crippen molar-refractivity contribution in [1.82, 2.24) is 0 Å². The molecule has 1 heteroatoms. The normalized spacial score (nSPS) is 3.00. The lowest BCUT2D eigenvalue weighted by Gasteiger charge is -1.50. The SMILES string of the molecule is C.C.C.C.C.C.CC.CC.CCC.CPC. The zero-order valence-electron chi connectivity index (χ0n) is 9.21. The van der Waals surface area contributed by atoms with Gasteiger partial charge in [0, 0.05) is 0 Å². The molecule has 0 nitrogen and oxygen atoms in total. The molecule has 0 atom stereocenters. The summed E-state index contributed by atoms with van der Waals surface area (Å²) in [5, 5.41) is 0. The quantitative estimate of drug-likeness (QED) is 0.386. The molecule has 0 aromatic carbocycles. The van der Waals surface area contributed by atoms with Crippen molar-refractivity contribution in [2.45, 2.75) is 92.5 Å². The molecule has 0 aliphatic rings. The van der Waals surface area contributed by atoms with Gasteiger partial charge in [-0.15, -0.1) is 8.58 Å². The van der Waals surface area contributed by atoms with E-state index in [-0.39, 0.29) is 44.6 Å². The van der Waals surface area contributed by atoms with Crippen LogP contribution in [-0.4, -0.2) is 13.3 Å². The van der Waals surface area contributed by atoms with Gasteiger partial charge in [-0.25, -0.2) is 0 Å². The Kier molecular flexibility index (Phi) is 3220. The van der Waals surface area contributed by atoms with E-state index in [0.717, 1.165) is 8.58 Å². The van der Waals surface area contributed by atoms with Crippen LogP contribution in [0, 0.1) is 0 Å². The van der Waals surface area contributed by atoms with Gasteiger partial charge in [-0.05, 0) is 13.3 Å². The van der Waals surface area contributed by atoms with E-state index in [9.17, 15) is 0 Å². The van der Waals surface area contributed by atoms with E-state index in [1.54, 1.807) is 0 Å². The summed E-state index contributed by atoms with van der Waals surface area (Å²) in [5.41, 5.74) is 0. The maximum absolute atomic E-state index is 2.15. The van der Waals surface area contributed by atoms with Crippen molar-refractivity contribution in [3.63, 3.8) is 0 Å². The molecule has 0 aliphatic heterocycles. The third-order valence-corrected chi connectivity index (χ3v) is 0. The van der Waals surface area contributed by atoms with Gasteiger partial charge in [-0.1, -0.05) is 92.5 Å². The molecule has 0 aliphatic carbocycles. The summed E-state index contributed by atoms with van der Waals surface area (Å²) in [5.74, 6) is 0. The van der Waals surface area contributed by atoms with Crippen LogP contribution in [0.5, 0.6) is 0 Å². The van der Waals surface area contributed by atoms with Gasteiger partial charge in [0.25, 0.3) is 0 Å². The Morgan fingerprint density at radius 3 is 0.562 bits per heavy atom. The Labute approximate surface area is 115 Å². The lowest BCUT2D eigenvalue weighted by Crippen LogP contribution is -1.27. The largest absolute Gasteiger partial charge is 0.129 e. The number of hydrogen-bond acceptors (Lipinski definition) is 0. The molecule has 0 spiro atoms. The molecule has 0 saturated carbocycles.